The van der Waals surface area contributed by atoms with E-state index in [9.17, 15) is 17.2 Å². The van der Waals surface area contributed by atoms with Crippen molar-refractivity contribution in [1.82, 2.24) is 19.5 Å². The molecule has 0 fully saturated rings. The highest BCUT2D eigenvalue weighted by Crippen LogP contribution is 2.21. The Balaban J connectivity index is 1.91. The third kappa shape index (κ3) is 3.00. The zero-order chi connectivity index (χ0) is 17.5. The number of benzene rings is 1. The lowest BCUT2D eigenvalue weighted by Crippen LogP contribution is -2.27. The quantitative estimate of drug-likeness (QED) is 0.782. The molecular formula is C15H14F2N4O2S. The molecule has 1 N–H and O–H groups in total. The molecule has 0 radical (unpaired) electrons. The highest BCUT2D eigenvalue weighted by atomic mass is 32.2. The molecule has 3 aromatic rings. The summed E-state index contributed by atoms with van der Waals surface area (Å²) < 4.78 is 55.6. The van der Waals surface area contributed by atoms with E-state index < -0.39 is 27.7 Å². The highest BCUT2D eigenvalue weighted by Gasteiger charge is 2.21. The monoisotopic (exact) mass is 352 g/mol. The van der Waals surface area contributed by atoms with Gasteiger partial charge in [0.15, 0.2) is 5.65 Å². The maximum atomic E-state index is 13.8. The summed E-state index contributed by atoms with van der Waals surface area (Å²) >= 11 is 0. The predicted octanol–water partition coefficient (Wildman–Crippen LogP) is 2.29. The molecule has 1 aromatic carbocycles. The average Bonchev–Trinajstić information content (AvgIpc) is 2.87. The molecule has 0 aliphatic rings. The van der Waals surface area contributed by atoms with Crippen molar-refractivity contribution in [3.63, 3.8) is 0 Å². The highest BCUT2D eigenvalue weighted by molar-refractivity contribution is 7.89. The van der Waals surface area contributed by atoms with E-state index in [-0.39, 0.29) is 10.5 Å². The van der Waals surface area contributed by atoms with E-state index in [0.717, 1.165) is 6.07 Å². The Morgan fingerprint density at radius 2 is 1.96 bits per heavy atom. The first-order valence-corrected chi connectivity index (χ1v) is 8.51. The van der Waals surface area contributed by atoms with Gasteiger partial charge in [0.25, 0.3) is 0 Å². The van der Waals surface area contributed by atoms with Crippen molar-refractivity contribution < 1.29 is 17.2 Å². The van der Waals surface area contributed by atoms with E-state index in [4.69, 9.17) is 0 Å². The molecule has 2 aromatic heterocycles. The molecule has 0 aliphatic heterocycles. The Hall–Kier alpha value is -2.39. The second kappa shape index (κ2) is 5.91. The average molecular weight is 352 g/mol. The molecule has 1 atom stereocenters. The van der Waals surface area contributed by atoms with Crippen LogP contribution in [0.25, 0.3) is 11.0 Å². The summed E-state index contributed by atoms with van der Waals surface area (Å²) in [5, 5.41) is 4.57. The molecule has 1 unspecified atom stereocenters. The molecule has 2 heterocycles. The Bertz CT molecular complexity index is 1020. The van der Waals surface area contributed by atoms with Gasteiger partial charge in [-0.2, -0.15) is 5.10 Å². The molecular weight excluding hydrogens is 338 g/mol. The van der Waals surface area contributed by atoms with Crippen LogP contribution in [0.15, 0.2) is 41.6 Å². The summed E-state index contributed by atoms with van der Waals surface area (Å²) in [6, 6.07) is 3.56. The minimum absolute atomic E-state index is 0.0513. The molecule has 24 heavy (non-hydrogen) atoms. The van der Waals surface area contributed by atoms with Gasteiger partial charge < -0.3 is 0 Å². The van der Waals surface area contributed by atoms with Gasteiger partial charge in [-0.3, -0.25) is 4.68 Å². The molecule has 0 aliphatic carbocycles. The molecule has 0 bridgehead atoms. The van der Waals surface area contributed by atoms with E-state index in [1.165, 1.54) is 36.1 Å². The van der Waals surface area contributed by atoms with E-state index >= 15 is 0 Å². The van der Waals surface area contributed by atoms with E-state index in [2.05, 4.69) is 14.8 Å². The van der Waals surface area contributed by atoms with Crippen molar-refractivity contribution in [2.24, 2.45) is 7.05 Å². The molecule has 0 saturated carbocycles. The van der Waals surface area contributed by atoms with Gasteiger partial charge in [-0.25, -0.2) is 26.9 Å². The maximum absolute atomic E-state index is 13.8. The number of fused-ring (bicyclic) bond motifs is 1. The summed E-state index contributed by atoms with van der Waals surface area (Å²) in [7, 11) is -2.23. The lowest BCUT2D eigenvalue weighted by molar-refractivity contribution is 0.540. The zero-order valence-corrected chi connectivity index (χ0v) is 13.7. The number of sulfonamides is 1. The molecule has 0 amide bonds. The fourth-order valence-corrected chi connectivity index (χ4v) is 3.59. The second-order valence-corrected chi connectivity index (χ2v) is 7.07. The number of hydrogen-bond acceptors (Lipinski definition) is 4. The van der Waals surface area contributed by atoms with Crippen LogP contribution >= 0.6 is 0 Å². The van der Waals surface area contributed by atoms with Gasteiger partial charge in [-0.1, -0.05) is 6.07 Å². The fourth-order valence-electron chi connectivity index (χ4n) is 2.39. The summed E-state index contributed by atoms with van der Waals surface area (Å²) in [4.78, 5) is 4.02. The standard InChI is InChI=1S/C15H14F2N4O2S/c1-9(13-4-3-11(16)6-14(13)17)20-24(22,23)12-5-10-7-19-21(2)15(10)18-8-12/h3-9,20H,1-2H3. The molecule has 9 heteroatoms. The SMILES string of the molecule is CC(NS(=O)(=O)c1cnc2c(cnn2C)c1)c1ccc(F)cc1F. The first-order chi connectivity index (χ1) is 11.3. The van der Waals surface area contributed by atoms with E-state index in [1.807, 2.05) is 0 Å². The number of pyridine rings is 1. The molecule has 3 rings (SSSR count). The lowest BCUT2D eigenvalue weighted by Gasteiger charge is -2.15. The topological polar surface area (TPSA) is 76.9 Å². The maximum Gasteiger partial charge on any atom is 0.242 e. The van der Waals surface area contributed by atoms with Crippen LogP contribution in [0.5, 0.6) is 0 Å². The third-order valence-corrected chi connectivity index (χ3v) is 5.13. The molecule has 126 valence electrons. The van der Waals surface area contributed by atoms with Gasteiger partial charge >= 0.3 is 0 Å². The predicted molar refractivity (Wildman–Crippen MR) is 83.6 cm³/mol. The Kier molecular flexibility index (Phi) is 4.06. The van der Waals surface area contributed by atoms with Crippen LogP contribution in [0.2, 0.25) is 0 Å². The van der Waals surface area contributed by atoms with E-state index in [1.54, 1.807) is 7.05 Å². The summed E-state index contributed by atoms with van der Waals surface area (Å²) in [5.41, 5.74) is 0.599. The minimum atomic E-state index is -3.93. The number of rotatable bonds is 4. The van der Waals surface area contributed by atoms with Crippen LogP contribution in [0.4, 0.5) is 8.78 Å². The Morgan fingerprint density at radius 1 is 1.21 bits per heavy atom. The van der Waals surface area contributed by atoms with Gasteiger partial charge in [0, 0.05) is 36.3 Å². The number of aromatic nitrogens is 3. The summed E-state index contributed by atoms with van der Waals surface area (Å²) in [6.07, 6.45) is 2.71. The number of nitrogens with zero attached hydrogens (tertiary/aromatic N) is 3. The Morgan fingerprint density at radius 3 is 2.67 bits per heavy atom. The van der Waals surface area contributed by atoms with Crippen molar-refractivity contribution >= 4 is 21.1 Å². The van der Waals surface area contributed by atoms with Crippen molar-refractivity contribution in [3.8, 4) is 0 Å². The van der Waals surface area contributed by atoms with Crippen LogP contribution in [-0.4, -0.2) is 23.2 Å². The summed E-state index contributed by atoms with van der Waals surface area (Å²) in [6.45, 7) is 1.48. The second-order valence-electron chi connectivity index (χ2n) is 5.36. The third-order valence-electron chi connectivity index (χ3n) is 3.62. The van der Waals surface area contributed by atoms with Gasteiger partial charge in [-0.15, -0.1) is 0 Å². The number of halogens is 2. The van der Waals surface area contributed by atoms with Crippen LogP contribution in [0.3, 0.4) is 0 Å². The van der Waals surface area contributed by atoms with Crippen molar-refractivity contribution in [3.05, 3.63) is 53.9 Å². The van der Waals surface area contributed by atoms with Crippen LogP contribution < -0.4 is 4.72 Å². The van der Waals surface area contributed by atoms with Crippen LogP contribution in [0, 0.1) is 11.6 Å². The van der Waals surface area contributed by atoms with Crippen molar-refractivity contribution in [2.75, 3.05) is 0 Å². The smallest absolute Gasteiger partial charge is 0.242 e. The van der Waals surface area contributed by atoms with Crippen LogP contribution in [0.1, 0.15) is 18.5 Å². The lowest BCUT2D eigenvalue weighted by atomic mass is 10.1. The molecule has 0 spiro atoms. The van der Waals surface area contributed by atoms with E-state index in [0.29, 0.717) is 17.1 Å². The normalized spacial score (nSPS) is 13.3. The van der Waals surface area contributed by atoms with Gasteiger partial charge in [0.1, 0.15) is 16.5 Å². The van der Waals surface area contributed by atoms with Gasteiger partial charge in [0.05, 0.1) is 6.20 Å². The zero-order valence-electron chi connectivity index (χ0n) is 12.9. The van der Waals surface area contributed by atoms with Gasteiger partial charge in [0.2, 0.25) is 10.0 Å². The number of nitrogens with one attached hydrogen (secondary N) is 1. The number of aryl methyl sites for hydroxylation is 1. The van der Waals surface area contributed by atoms with Crippen molar-refractivity contribution in [2.45, 2.75) is 17.9 Å². The largest absolute Gasteiger partial charge is 0.250 e. The molecule has 0 saturated heterocycles. The van der Waals surface area contributed by atoms with Gasteiger partial charge in [-0.05, 0) is 19.1 Å². The van der Waals surface area contributed by atoms with Crippen molar-refractivity contribution in [1.29, 1.82) is 0 Å². The van der Waals surface area contributed by atoms with Crippen LogP contribution in [-0.2, 0) is 17.1 Å². The minimum Gasteiger partial charge on any atom is -0.250 e. The fraction of sp³-hybridized carbons (Fsp3) is 0.200. The summed E-state index contributed by atoms with van der Waals surface area (Å²) in [5.74, 6) is -1.54. The first kappa shape index (κ1) is 16.5. The first-order valence-electron chi connectivity index (χ1n) is 7.03. The molecule has 6 nitrogen and oxygen atoms in total. The Labute approximate surface area is 137 Å². The number of hydrogen-bond donors (Lipinski definition) is 1.